The third kappa shape index (κ3) is 4.41. The molecule has 0 N–H and O–H groups in total. The quantitative estimate of drug-likeness (QED) is 0.511. The van der Waals surface area contributed by atoms with Crippen molar-refractivity contribution in [1.82, 2.24) is 9.88 Å². The molecule has 0 unspecified atom stereocenters. The molecule has 5 nitrogen and oxygen atoms in total. The van der Waals surface area contributed by atoms with Gasteiger partial charge in [0.05, 0.1) is 10.6 Å². The maximum atomic E-state index is 13.4. The minimum absolute atomic E-state index is 0.0448. The number of hydrogen-bond donors (Lipinski definition) is 0. The number of aromatic nitrogens is 1. The molecule has 30 heavy (non-hydrogen) atoms. The maximum absolute atomic E-state index is 13.4. The fraction of sp³-hybridized carbons (Fsp3) is 0.261. The van der Waals surface area contributed by atoms with Crippen molar-refractivity contribution in [2.24, 2.45) is 0 Å². The molecular formula is C23H22FN3O2S. The Balaban J connectivity index is 1.42. The standard InChI is InChI=1S/C23H22FN3O2S/c1-16-21(20(28)11-10-17-6-3-2-4-7-17)30-22(25-16)27-13-12-26(23(27)29)15-18-8-5-9-19(24)14-18/h2-9,14H,10-13,15H2,1H3. The van der Waals surface area contributed by atoms with E-state index in [4.69, 9.17) is 0 Å². The number of anilines is 1. The third-order valence-electron chi connectivity index (χ3n) is 5.11. The predicted octanol–water partition coefficient (Wildman–Crippen LogP) is 4.85. The van der Waals surface area contributed by atoms with Crippen LogP contribution in [0.5, 0.6) is 0 Å². The van der Waals surface area contributed by atoms with Gasteiger partial charge in [-0.3, -0.25) is 9.69 Å². The molecular weight excluding hydrogens is 401 g/mol. The number of carbonyl (C=O) groups is 2. The van der Waals surface area contributed by atoms with Gasteiger partial charge in [0, 0.05) is 26.1 Å². The highest BCUT2D eigenvalue weighted by atomic mass is 32.1. The van der Waals surface area contributed by atoms with E-state index in [0.29, 0.717) is 48.2 Å². The van der Waals surface area contributed by atoms with E-state index < -0.39 is 0 Å². The Hall–Kier alpha value is -3.06. The first-order chi connectivity index (χ1) is 14.5. The van der Waals surface area contributed by atoms with Crippen molar-refractivity contribution in [3.8, 4) is 0 Å². The molecule has 1 aromatic heterocycles. The largest absolute Gasteiger partial charge is 0.326 e. The number of amides is 2. The Morgan fingerprint density at radius 3 is 2.63 bits per heavy atom. The molecule has 0 saturated carbocycles. The van der Waals surface area contributed by atoms with Crippen molar-refractivity contribution in [3.05, 3.63) is 82.1 Å². The van der Waals surface area contributed by atoms with Crippen LogP contribution >= 0.6 is 11.3 Å². The first kappa shape index (κ1) is 20.2. The highest BCUT2D eigenvalue weighted by molar-refractivity contribution is 7.17. The van der Waals surface area contributed by atoms with Crippen LogP contribution in [0.4, 0.5) is 14.3 Å². The van der Waals surface area contributed by atoms with Gasteiger partial charge in [-0.2, -0.15) is 0 Å². The summed E-state index contributed by atoms with van der Waals surface area (Å²) in [5.41, 5.74) is 2.53. The van der Waals surface area contributed by atoms with Gasteiger partial charge in [0.1, 0.15) is 5.82 Å². The summed E-state index contributed by atoms with van der Waals surface area (Å²) in [7, 11) is 0. The third-order valence-corrected chi connectivity index (χ3v) is 6.33. The van der Waals surface area contributed by atoms with Crippen molar-refractivity contribution in [1.29, 1.82) is 0 Å². The van der Waals surface area contributed by atoms with Gasteiger partial charge >= 0.3 is 6.03 Å². The molecule has 0 aliphatic carbocycles. The number of thiazole rings is 1. The molecule has 0 radical (unpaired) electrons. The zero-order valence-corrected chi connectivity index (χ0v) is 17.5. The van der Waals surface area contributed by atoms with Crippen LogP contribution in [-0.2, 0) is 13.0 Å². The molecule has 1 fully saturated rings. The number of carbonyl (C=O) groups excluding carboxylic acids is 2. The van der Waals surface area contributed by atoms with Gasteiger partial charge in [-0.05, 0) is 36.6 Å². The first-order valence-electron chi connectivity index (χ1n) is 9.86. The van der Waals surface area contributed by atoms with Gasteiger partial charge in [0.25, 0.3) is 0 Å². The van der Waals surface area contributed by atoms with Crippen LogP contribution in [0.1, 0.15) is 32.9 Å². The Morgan fingerprint density at radius 2 is 1.87 bits per heavy atom. The highest BCUT2D eigenvalue weighted by Crippen LogP contribution is 2.30. The summed E-state index contributed by atoms with van der Waals surface area (Å²) in [6.07, 6.45) is 1.09. The average Bonchev–Trinajstić information content (AvgIpc) is 3.30. The Bertz CT molecular complexity index is 1070. The Labute approximate surface area is 178 Å². The molecule has 2 amide bonds. The highest BCUT2D eigenvalue weighted by Gasteiger charge is 2.32. The summed E-state index contributed by atoms with van der Waals surface area (Å²) in [5, 5.41) is 0.544. The van der Waals surface area contributed by atoms with Crippen LogP contribution in [0, 0.1) is 12.7 Å². The number of urea groups is 1. The average molecular weight is 424 g/mol. The number of ketones is 1. The van der Waals surface area contributed by atoms with Gasteiger partial charge in [-0.1, -0.05) is 53.8 Å². The topological polar surface area (TPSA) is 53.5 Å². The lowest BCUT2D eigenvalue weighted by atomic mass is 10.1. The molecule has 4 rings (SSSR count). The van der Waals surface area contributed by atoms with Crippen molar-refractivity contribution < 1.29 is 14.0 Å². The second kappa shape index (κ2) is 8.75. The zero-order chi connectivity index (χ0) is 21.1. The van der Waals surface area contributed by atoms with Gasteiger partial charge < -0.3 is 4.90 Å². The molecule has 1 saturated heterocycles. The van der Waals surface area contributed by atoms with Crippen LogP contribution < -0.4 is 4.90 Å². The van der Waals surface area contributed by atoms with Crippen molar-refractivity contribution >= 4 is 28.3 Å². The van der Waals surface area contributed by atoms with Gasteiger partial charge in [0.15, 0.2) is 10.9 Å². The summed E-state index contributed by atoms with van der Waals surface area (Å²) < 4.78 is 13.4. The molecule has 2 aromatic carbocycles. The molecule has 154 valence electrons. The molecule has 1 aliphatic heterocycles. The zero-order valence-electron chi connectivity index (χ0n) is 16.7. The first-order valence-corrected chi connectivity index (χ1v) is 10.7. The lowest BCUT2D eigenvalue weighted by Gasteiger charge is -2.17. The van der Waals surface area contributed by atoms with E-state index in [1.807, 2.05) is 30.3 Å². The molecule has 7 heteroatoms. The maximum Gasteiger partial charge on any atom is 0.326 e. The van der Waals surface area contributed by atoms with Crippen LogP contribution in [0.2, 0.25) is 0 Å². The van der Waals surface area contributed by atoms with Gasteiger partial charge in [-0.25, -0.2) is 14.2 Å². The fourth-order valence-corrected chi connectivity index (χ4v) is 4.59. The summed E-state index contributed by atoms with van der Waals surface area (Å²) >= 11 is 1.27. The molecule has 0 atom stereocenters. The van der Waals surface area contributed by atoms with E-state index in [0.717, 1.165) is 11.1 Å². The second-order valence-electron chi connectivity index (χ2n) is 7.31. The fourth-order valence-electron chi connectivity index (χ4n) is 3.53. The number of hydrogen-bond acceptors (Lipinski definition) is 4. The molecule has 2 heterocycles. The van der Waals surface area contributed by atoms with Gasteiger partial charge in [0.2, 0.25) is 0 Å². The number of halogens is 1. The lowest BCUT2D eigenvalue weighted by Crippen LogP contribution is -2.31. The SMILES string of the molecule is Cc1nc(N2CCN(Cc3cccc(F)c3)C2=O)sc1C(=O)CCc1ccccc1. The van der Waals surface area contributed by atoms with Crippen LogP contribution in [0.15, 0.2) is 54.6 Å². The van der Waals surface area contributed by atoms with E-state index in [-0.39, 0.29) is 17.6 Å². The van der Waals surface area contributed by atoms with E-state index in [1.54, 1.807) is 28.9 Å². The monoisotopic (exact) mass is 423 g/mol. The Kier molecular flexibility index (Phi) is 5.90. The van der Waals surface area contributed by atoms with Crippen molar-refractivity contribution in [2.75, 3.05) is 18.0 Å². The smallest absolute Gasteiger partial charge is 0.318 e. The molecule has 1 aliphatic rings. The summed E-state index contributed by atoms with van der Waals surface area (Å²) in [6.45, 7) is 3.19. The molecule has 0 bridgehead atoms. The Morgan fingerprint density at radius 1 is 1.10 bits per heavy atom. The number of rotatable bonds is 7. The number of nitrogens with zero attached hydrogens (tertiary/aromatic N) is 3. The van der Waals surface area contributed by atoms with Crippen molar-refractivity contribution in [2.45, 2.75) is 26.3 Å². The number of aryl methyl sites for hydroxylation is 2. The predicted molar refractivity (Wildman–Crippen MR) is 115 cm³/mol. The summed E-state index contributed by atoms with van der Waals surface area (Å²) in [6, 6.07) is 16.0. The van der Waals surface area contributed by atoms with Crippen LogP contribution in [0.25, 0.3) is 0 Å². The minimum atomic E-state index is -0.315. The van der Waals surface area contributed by atoms with E-state index in [9.17, 15) is 14.0 Å². The van der Waals surface area contributed by atoms with Gasteiger partial charge in [-0.15, -0.1) is 0 Å². The number of Topliss-reactive ketones (excluding diaryl/α,β-unsaturated/α-hetero) is 1. The van der Waals surface area contributed by atoms with E-state index in [2.05, 4.69) is 4.98 Å². The molecule has 3 aromatic rings. The van der Waals surface area contributed by atoms with Crippen molar-refractivity contribution in [3.63, 3.8) is 0 Å². The summed E-state index contributed by atoms with van der Waals surface area (Å²) in [4.78, 5) is 33.9. The molecule has 0 spiro atoms. The second-order valence-corrected chi connectivity index (χ2v) is 8.28. The minimum Gasteiger partial charge on any atom is -0.318 e. The summed E-state index contributed by atoms with van der Waals surface area (Å²) in [5.74, 6) is -0.270. The van der Waals surface area contributed by atoms with Crippen LogP contribution in [0.3, 0.4) is 0 Å². The normalized spacial score (nSPS) is 13.9. The lowest BCUT2D eigenvalue weighted by molar-refractivity contribution is 0.0986. The van der Waals surface area contributed by atoms with Crippen LogP contribution in [-0.4, -0.2) is 34.8 Å². The number of benzene rings is 2. The van der Waals surface area contributed by atoms with E-state index in [1.165, 1.54) is 23.5 Å². The van der Waals surface area contributed by atoms with E-state index >= 15 is 0 Å².